The predicted molar refractivity (Wildman–Crippen MR) is 173 cm³/mol. The molecule has 0 amide bonds. The average Bonchev–Trinajstić information content (AvgIpc) is 3.07. The van der Waals surface area contributed by atoms with Crippen LogP contribution in [0.4, 0.5) is 11.5 Å². The van der Waals surface area contributed by atoms with Crippen molar-refractivity contribution in [2.75, 3.05) is 83.7 Å². The Morgan fingerprint density at radius 1 is 0.587 bits per heavy atom. The molecule has 2 saturated heterocycles. The van der Waals surface area contributed by atoms with Crippen LogP contribution in [0.25, 0.3) is 0 Å². The number of esters is 3. The van der Waals surface area contributed by atoms with Gasteiger partial charge in [-0.05, 0) is 36.4 Å². The summed E-state index contributed by atoms with van der Waals surface area (Å²) in [4.78, 5) is 49.8. The van der Waals surface area contributed by atoms with Gasteiger partial charge in [0.15, 0.2) is 17.1 Å². The molecule has 0 aliphatic carbocycles. The molecular weight excluding hydrogens is 688 g/mol. The van der Waals surface area contributed by atoms with Crippen LogP contribution in [0.2, 0.25) is 20.4 Å². The van der Waals surface area contributed by atoms with E-state index in [0.717, 1.165) is 31.9 Å². The number of anilines is 2. The molecule has 0 spiro atoms. The third-order valence-corrected chi connectivity index (χ3v) is 7.03. The van der Waals surface area contributed by atoms with Gasteiger partial charge < -0.3 is 33.5 Å². The fourth-order valence-corrected chi connectivity index (χ4v) is 4.89. The topological polar surface area (TPSA) is 143 Å². The first-order valence-electron chi connectivity index (χ1n) is 13.6. The number of hydrogen-bond acceptors (Lipinski definition) is 13. The minimum Gasteiger partial charge on any atom is -0.464 e. The minimum atomic E-state index is -0.556. The SMILES string of the molecule is COC(=O)c1cc(Cl)cc(Cl)n1.COC(=O)c1cc(Cl)cc(N2CCOCC2)n1.COC(=O)c1cc(N2CCOCC2)cc(Cl)n1. The van der Waals surface area contributed by atoms with Gasteiger partial charge in [-0.25, -0.2) is 29.3 Å². The van der Waals surface area contributed by atoms with Crippen LogP contribution < -0.4 is 9.80 Å². The third kappa shape index (κ3) is 11.4. The van der Waals surface area contributed by atoms with E-state index in [0.29, 0.717) is 42.3 Å². The Bertz CT molecular complexity index is 1400. The normalized spacial score (nSPS) is 14.2. The van der Waals surface area contributed by atoms with Gasteiger partial charge in [-0.3, -0.25) is 0 Å². The van der Waals surface area contributed by atoms with Crippen LogP contribution in [0.3, 0.4) is 0 Å². The van der Waals surface area contributed by atoms with Gasteiger partial charge in [0, 0.05) is 41.9 Å². The lowest BCUT2D eigenvalue weighted by Gasteiger charge is -2.29. The van der Waals surface area contributed by atoms with Crippen LogP contribution in [0.5, 0.6) is 0 Å². The first kappa shape index (κ1) is 37.0. The van der Waals surface area contributed by atoms with E-state index in [9.17, 15) is 14.4 Å². The zero-order valence-corrected chi connectivity index (χ0v) is 28.2. The third-order valence-electron chi connectivity index (χ3n) is 6.21. The van der Waals surface area contributed by atoms with Gasteiger partial charge in [-0.15, -0.1) is 0 Å². The smallest absolute Gasteiger partial charge is 0.356 e. The summed E-state index contributed by atoms with van der Waals surface area (Å²) >= 11 is 23.0. The fraction of sp³-hybridized carbons (Fsp3) is 0.379. The molecule has 3 aromatic heterocycles. The lowest BCUT2D eigenvalue weighted by molar-refractivity contribution is 0.0585. The first-order chi connectivity index (χ1) is 22.0. The van der Waals surface area contributed by atoms with Crippen molar-refractivity contribution in [1.82, 2.24) is 15.0 Å². The molecule has 2 aliphatic heterocycles. The van der Waals surface area contributed by atoms with E-state index in [1.54, 1.807) is 18.2 Å². The summed E-state index contributed by atoms with van der Waals surface area (Å²) in [6, 6.07) is 9.48. The second kappa shape index (κ2) is 18.6. The van der Waals surface area contributed by atoms with Gasteiger partial charge in [-0.1, -0.05) is 46.4 Å². The van der Waals surface area contributed by atoms with E-state index in [4.69, 9.17) is 55.9 Å². The number of rotatable bonds is 5. The zero-order valence-electron chi connectivity index (χ0n) is 25.1. The van der Waals surface area contributed by atoms with Crippen molar-refractivity contribution in [3.63, 3.8) is 0 Å². The van der Waals surface area contributed by atoms with Crippen LogP contribution >= 0.6 is 46.4 Å². The summed E-state index contributed by atoms with van der Waals surface area (Å²) in [6.45, 7) is 5.70. The molecule has 0 unspecified atom stereocenters. The molecule has 0 atom stereocenters. The molecule has 2 fully saturated rings. The van der Waals surface area contributed by atoms with Gasteiger partial charge in [0.1, 0.15) is 16.1 Å². The zero-order chi connectivity index (χ0) is 33.6. The number of methoxy groups -OCH3 is 3. The Labute approximate surface area is 285 Å². The molecule has 0 N–H and O–H groups in total. The highest BCUT2D eigenvalue weighted by Crippen LogP contribution is 2.22. The molecule has 0 saturated carbocycles. The minimum absolute atomic E-state index is 0.106. The highest BCUT2D eigenvalue weighted by Gasteiger charge is 2.18. The first-order valence-corrected chi connectivity index (χ1v) is 15.1. The van der Waals surface area contributed by atoms with E-state index in [-0.39, 0.29) is 27.4 Å². The lowest BCUT2D eigenvalue weighted by atomic mass is 10.2. The van der Waals surface area contributed by atoms with E-state index < -0.39 is 17.9 Å². The number of pyridine rings is 3. The maximum absolute atomic E-state index is 11.4. The highest BCUT2D eigenvalue weighted by atomic mass is 35.5. The Hall–Kier alpha value is -3.46. The maximum Gasteiger partial charge on any atom is 0.356 e. The van der Waals surface area contributed by atoms with E-state index >= 15 is 0 Å². The average molecular weight is 719 g/mol. The van der Waals surface area contributed by atoms with Crippen LogP contribution in [0.15, 0.2) is 36.4 Å². The number of carbonyl (C=O) groups is 3. The van der Waals surface area contributed by atoms with Crippen molar-refractivity contribution in [3.05, 3.63) is 73.8 Å². The summed E-state index contributed by atoms with van der Waals surface area (Å²) < 4.78 is 24.2. The molecule has 2 aliphatic rings. The predicted octanol–water partition coefficient (Wildman–Crippen LogP) is 4.89. The molecule has 13 nitrogen and oxygen atoms in total. The highest BCUT2D eigenvalue weighted by molar-refractivity contribution is 6.34. The number of hydrogen-bond donors (Lipinski definition) is 0. The Morgan fingerprint density at radius 3 is 1.48 bits per heavy atom. The second-order valence-electron chi connectivity index (χ2n) is 9.23. The number of nitrogens with zero attached hydrogens (tertiary/aromatic N) is 5. The molecule has 0 bridgehead atoms. The van der Waals surface area contributed by atoms with Gasteiger partial charge in [-0.2, -0.15) is 0 Å². The summed E-state index contributed by atoms with van der Waals surface area (Å²) in [7, 11) is 3.90. The molecule has 3 aromatic rings. The van der Waals surface area contributed by atoms with E-state index in [1.165, 1.54) is 39.5 Å². The molecule has 0 radical (unpaired) electrons. The molecule has 248 valence electrons. The fourth-order valence-electron chi connectivity index (χ4n) is 4.02. The van der Waals surface area contributed by atoms with Crippen LogP contribution in [-0.4, -0.2) is 107 Å². The van der Waals surface area contributed by atoms with Crippen LogP contribution in [-0.2, 0) is 23.7 Å². The van der Waals surface area contributed by atoms with Crippen LogP contribution in [0, 0.1) is 0 Å². The standard InChI is InChI=1S/2C11H13ClN2O3.C7H5Cl2NO2/c1-16-11(15)9-6-8(7-10(12)13-9)14-2-4-17-5-3-14;1-16-11(15)9-6-8(12)7-10(13-9)14-2-4-17-5-3-14;1-12-7(11)5-2-4(8)3-6(9)10-5/h2*6-7H,2-5H2,1H3;2-3H,1H3. The van der Waals surface area contributed by atoms with Gasteiger partial charge in [0.05, 0.1) is 47.8 Å². The lowest BCUT2D eigenvalue weighted by Crippen LogP contribution is -2.37. The summed E-state index contributed by atoms with van der Waals surface area (Å²) in [5.74, 6) is -0.843. The number of ether oxygens (including phenoxy) is 5. The quantitative estimate of drug-likeness (QED) is 0.201. The van der Waals surface area contributed by atoms with Gasteiger partial charge in [0.25, 0.3) is 0 Å². The molecule has 5 rings (SSSR count). The van der Waals surface area contributed by atoms with Crippen molar-refractivity contribution in [3.8, 4) is 0 Å². The molecule has 0 aromatic carbocycles. The number of morpholine rings is 2. The van der Waals surface area contributed by atoms with E-state index in [2.05, 4.69) is 34.1 Å². The second-order valence-corrected chi connectivity index (χ2v) is 10.9. The van der Waals surface area contributed by atoms with Crippen molar-refractivity contribution < 1.29 is 38.1 Å². The monoisotopic (exact) mass is 717 g/mol. The van der Waals surface area contributed by atoms with Gasteiger partial charge >= 0.3 is 17.9 Å². The largest absolute Gasteiger partial charge is 0.464 e. The molecule has 46 heavy (non-hydrogen) atoms. The molecular formula is C29H31Cl4N5O8. The van der Waals surface area contributed by atoms with Crippen LogP contribution in [0.1, 0.15) is 31.5 Å². The molecule has 5 heterocycles. The Morgan fingerprint density at radius 2 is 1.00 bits per heavy atom. The Kier molecular flexibility index (Phi) is 15.0. The number of aromatic nitrogens is 3. The van der Waals surface area contributed by atoms with Crippen molar-refractivity contribution in [2.24, 2.45) is 0 Å². The summed E-state index contributed by atoms with van der Waals surface area (Å²) in [5.41, 5.74) is 1.42. The maximum atomic E-state index is 11.4. The number of halogens is 4. The molecule has 17 heteroatoms. The summed E-state index contributed by atoms with van der Waals surface area (Å²) in [5, 5.41) is 1.29. The van der Waals surface area contributed by atoms with Gasteiger partial charge in [0.2, 0.25) is 0 Å². The van der Waals surface area contributed by atoms with Crippen molar-refractivity contribution in [1.29, 1.82) is 0 Å². The van der Waals surface area contributed by atoms with E-state index in [1.807, 2.05) is 4.90 Å². The number of carbonyl (C=O) groups excluding carboxylic acids is 3. The van der Waals surface area contributed by atoms with Crippen molar-refractivity contribution in [2.45, 2.75) is 0 Å². The Balaban J connectivity index is 0.000000191. The van der Waals surface area contributed by atoms with Crippen molar-refractivity contribution >= 4 is 75.8 Å². The summed E-state index contributed by atoms with van der Waals surface area (Å²) in [6.07, 6.45) is 0.